The normalized spacial score (nSPS) is 10.8. The minimum Gasteiger partial charge on any atom is -0.256 e. The number of aryl methyl sites for hydroxylation is 1. The van der Waals surface area contributed by atoms with Crippen molar-refractivity contribution < 1.29 is 0 Å². The highest BCUT2D eigenvalue weighted by atomic mass is 14.7. The first kappa shape index (κ1) is 12.9. The van der Waals surface area contributed by atoms with Crippen LogP contribution in [0.5, 0.6) is 0 Å². The average Bonchev–Trinajstić information content (AvgIpc) is 2.53. The molecule has 20 heavy (non-hydrogen) atoms. The lowest BCUT2D eigenvalue weighted by Gasteiger charge is -2.12. The molecule has 1 aromatic heterocycles. The second-order valence-electron chi connectivity index (χ2n) is 5.14. The minimum absolute atomic E-state index is 1.10. The molecule has 0 amide bonds. The highest BCUT2D eigenvalue weighted by Gasteiger charge is 2.09. The fourth-order valence-corrected chi connectivity index (χ4v) is 2.69. The molecular weight excluding hydrogens is 242 g/mol. The Hall–Kier alpha value is -2.15. The molecule has 1 heterocycles. The maximum atomic E-state index is 4.63. The van der Waals surface area contributed by atoms with Crippen LogP contribution in [0.3, 0.4) is 0 Å². The monoisotopic (exact) mass is 261 g/mol. The summed E-state index contributed by atoms with van der Waals surface area (Å²) in [6.45, 7) is 2.24. The number of rotatable bonds is 4. The van der Waals surface area contributed by atoms with E-state index < -0.39 is 0 Å². The van der Waals surface area contributed by atoms with E-state index >= 15 is 0 Å². The van der Waals surface area contributed by atoms with Crippen LogP contribution in [0, 0.1) is 0 Å². The average molecular weight is 261 g/mol. The Morgan fingerprint density at radius 2 is 1.65 bits per heavy atom. The van der Waals surface area contributed by atoms with Gasteiger partial charge in [0.1, 0.15) is 0 Å². The fourth-order valence-electron chi connectivity index (χ4n) is 2.69. The molecule has 0 bridgehead atoms. The van der Waals surface area contributed by atoms with E-state index in [1.165, 1.54) is 34.9 Å². The number of fused-ring (bicyclic) bond motifs is 1. The van der Waals surface area contributed by atoms with Gasteiger partial charge >= 0.3 is 0 Å². The minimum atomic E-state index is 1.10. The van der Waals surface area contributed by atoms with Crippen molar-refractivity contribution in [2.24, 2.45) is 0 Å². The molecule has 0 spiro atoms. The van der Waals surface area contributed by atoms with E-state index in [4.69, 9.17) is 0 Å². The van der Waals surface area contributed by atoms with Gasteiger partial charge < -0.3 is 0 Å². The van der Waals surface area contributed by atoms with Crippen LogP contribution < -0.4 is 0 Å². The van der Waals surface area contributed by atoms with Gasteiger partial charge in [0.25, 0.3) is 0 Å². The highest BCUT2D eigenvalue weighted by Crippen LogP contribution is 2.30. The van der Waals surface area contributed by atoms with Crippen molar-refractivity contribution in [3.8, 4) is 11.1 Å². The zero-order valence-corrected chi connectivity index (χ0v) is 11.8. The predicted molar refractivity (Wildman–Crippen MR) is 85.8 cm³/mol. The van der Waals surface area contributed by atoms with Gasteiger partial charge in [-0.2, -0.15) is 0 Å². The molecule has 1 nitrogen and oxygen atoms in total. The van der Waals surface area contributed by atoms with E-state index in [1.54, 1.807) is 0 Å². The molecule has 0 saturated heterocycles. The van der Waals surface area contributed by atoms with Crippen molar-refractivity contribution in [1.82, 2.24) is 4.98 Å². The summed E-state index contributed by atoms with van der Waals surface area (Å²) in [5.41, 5.74) is 5.07. The largest absolute Gasteiger partial charge is 0.256 e. The summed E-state index contributed by atoms with van der Waals surface area (Å²) in [5, 5.41) is 1.29. The Morgan fingerprint density at radius 3 is 2.45 bits per heavy atom. The Bertz CT molecular complexity index is 701. The molecule has 2 aromatic carbocycles. The van der Waals surface area contributed by atoms with Gasteiger partial charge in [0, 0.05) is 17.1 Å². The van der Waals surface area contributed by atoms with Gasteiger partial charge in [0.05, 0.1) is 5.52 Å². The van der Waals surface area contributed by atoms with Crippen molar-refractivity contribution in [2.75, 3.05) is 0 Å². The Balaban J connectivity index is 2.20. The molecular formula is C19H19N. The molecule has 0 N–H and O–H groups in total. The Kier molecular flexibility index (Phi) is 3.78. The van der Waals surface area contributed by atoms with Crippen LogP contribution in [-0.4, -0.2) is 4.98 Å². The standard InChI is InChI=1S/C19H19N/c1-2-3-11-16-17-12-7-8-13-19(17)20-14-18(16)15-9-5-4-6-10-15/h4-10,12-14H,2-3,11H2,1H3. The van der Waals surface area contributed by atoms with E-state index in [0.29, 0.717) is 0 Å². The zero-order chi connectivity index (χ0) is 13.8. The van der Waals surface area contributed by atoms with Gasteiger partial charge in [-0.15, -0.1) is 0 Å². The third kappa shape index (κ3) is 2.44. The summed E-state index contributed by atoms with van der Waals surface area (Å²) in [4.78, 5) is 4.63. The van der Waals surface area contributed by atoms with Gasteiger partial charge in [0.15, 0.2) is 0 Å². The lowest BCUT2D eigenvalue weighted by atomic mass is 9.94. The highest BCUT2D eigenvalue weighted by molar-refractivity contribution is 5.88. The van der Waals surface area contributed by atoms with Gasteiger partial charge in [-0.3, -0.25) is 4.98 Å². The molecule has 0 saturated carbocycles. The fraction of sp³-hybridized carbons (Fsp3) is 0.211. The molecule has 3 rings (SSSR count). The van der Waals surface area contributed by atoms with Crippen LogP contribution in [0.25, 0.3) is 22.0 Å². The topological polar surface area (TPSA) is 12.9 Å². The van der Waals surface area contributed by atoms with Crippen LogP contribution in [0.1, 0.15) is 25.3 Å². The van der Waals surface area contributed by atoms with E-state index in [9.17, 15) is 0 Å². The molecule has 3 aromatic rings. The molecule has 0 atom stereocenters. The number of nitrogens with zero attached hydrogens (tertiary/aromatic N) is 1. The SMILES string of the molecule is CCCCc1c(-c2ccccc2)cnc2ccccc12. The predicted octanol–water partition coefficient (Wildman–Crippen LogP) is 5.24. The molecule has 0 radical (unpaired) electrons. The Morgan fingerprint density at radius 1 is 0.900 bits per heavy atom. The molecule has 0 aliphatic rings. The first-order chi connectivity index (χ1) is 9.90. The van der Waals surface area contributed by atoms with Gasteiger partial charge in [-0.1, -0.05) is 61.9 Å². The van der Waals surface area contributed by atoms with Crippen molar-refractivity contribution in [2.45, 2.75) is 26.2 Å². The second kappa shape index (κ2) is 5.87. The number of unbranched alkanes of at least 4 members (excludes halogenated alkanes) is 1. The summed E-state index contributed by atoms with van der Waals surface area (Å²) in [5.74, 6) is 0. The third-order valence-corrected chi connectivity index (χ3v) is 3.75. The number of pyridine rings is 1. The van der Waals surface area contributed by atoms with Crippen LogP contribution in [0.15, 0.2) is 60.8 Å². The smallest absolute Gasteiger partial charge is 0.0705 e. The lowest BCUT2D eigenvalue weighted by molar-refractivity contribution is 0.799. The molecule has 0 fully saturated rings. The van der Waals surface area contributed by atoms with Gasteiger partial charge in [-0.25, -0.2) is 0 Å². The zero-order valence-electron chi connectivity index (χ0n) is 11.8. The number of para-hydroxylation sites is 1. The van der Waals surface area contributed by atoms with E-state index in [0.717, 1.165) is 11.9 Å². The third-order valence-electron chi connectivity index (χ3n) is 3.75. The van der Waals surface area contributed by atoms with Gasteiger partial charge in [-0.05, 0) is 30.0 Å². The molecule has 0 unspecified atom stereocenters. The maximum Gasteiger partial charge on any atom is 0.0705 e. The van der Waals surface area contributed by atoms with E-state index in [1.807, 2.05) is 6.20 Å². The number of hydrogen-bond acceptors (Lipinski definition) is 1. The van der Waals surface area contributed by atoms with Crippen molar-refractivity contribution >= 4 is 10.9 Å². The Labute approximate surface area is 120 Å². The molecule has 0 aliphatic carbocycles. The summed E-state index contributed by atoms with van der Waals surface area (Å²) in [7, 11) is 0. The maximum absolute atomic E-state index is 4.63. The number of aromatic nitrogens is 1. The number of benzene rings is 2. The van der Waals surface area contributed by atoms with Crippen molar-refractivity contribution in [1.29, 1.82) is 0 Å². The summed E-state index contributed by atoms with van der Waals surface area (Å²) in [6.07, 6.45) is 5.57. The van der Waals surface area contributed by atoms with Crippen molar-refractivity contribution in [3.05, 3.63) is 66.4 Å². The quantitative estimate of drug-likeness (QED) is 0.625. The van der Waals surface area contributed by atoms with Crippen LogP contribution in [0.2, 0.25) is 0 Å². The molecule has 0 aliphatic heterocycles. The van der Waals surface area contributed by atoms with Crippen LogP contribution in [0.4, 0.5) is 0 Å². The summed E-state index contributed by atoms with van der Waals surface area (Å²) >= 11 is 0. The second-order valence-corrected chi connectivity index (χ2v) is 5.14. The summed E-state index contributed by atoms with van der Waals surface area (Å²) < 4.78 is 0. The first-order valence-corrected chi connectivity index (χ1v) is 7.32. The van der Waals surface area contributed by atoms with Crippen LogP contribution in [-0.2, 0) is 6.42 Å². The summed E-state index contributed by atoms with van der Waals surface area (Å²) in [6, 6.07) is 19.0. The van der Waals surface area contributed by atoms with E-state index in [2.05, 4.69) is 66.5 Å². The number of hydrogen-bond donors (Lipinski definition) is 0. The first-order valence-electron chi connectivity index (χ1n) is 7.32. The van der Waals surface area contributed by atoms with Gasteiger partial charge in [0.2, 0.25) is 0 Å². The van der Waals surface area contributed by atoms with Crippen molar-refractivity contribution in [3.63, 3.8) is 0 Å². The molecule has 100 valence electrons. The molecule has 1 heteroatoms. The lowest BCUT2D eigenvalue weighted by Crippen LogP contribution is -1.94. The van der Waals surface area contributed by atoms with Crippen LogP contribution >= 0.6 is 0 Å². The van der Waals surface area contributed by atoms with E-state index in [-0.39, 0.29) is 0 Å².